The second-order valence-corrected chi connectivity index (χ2v) is 7.77. The highest BCUT2D eigenvalue weighted by atomic mass is 32.2. The van der Waals surface area contributed by atoms with Crippen molar-refractivity contribution in [3.8, 4) is 0 Å². The number of primary sulfonamides is 1. The fraction of sp³-hybridized carbons (Fsp3) is 0.0455. The third-order valence-electron chi connectivity index (χ3n) is 4.14. The van der Waals surface area contributed by atoms with Crippen LogP contribution in [0.1, 0.15) is 16.7 Å². The van der Waals surface area contributed by atoms with E-state index in [1.807, 2.05) is 66.7 Å². The summed E-state index contributed by atoms with van der Waals surface area (Å²) >= 11 is 0. The molecule has 0 saturated heterocycles. The number of carbonyl (C=O) groups excluding carboxylic acids is 1. The Morgan fingerprint density at radius 1 is 0.857 bits per heavy atom. The number of hydrogen-bond acceptors (Lipinski definition) is 3. The zero-order valence-corrected chi connectivity index (χ0v) is 15.9. The van der Waals surface area contributed by atoms with Crippen molar-refractivity contribution in [2.24, 2.45) is 5.14 Å². The molecular weight excluding hydrogens is 372 g/mol. The lowest BCUT2D eigenvalue weighted by molar-refractivity contribution is -0.115. The van der Waals surface area contributed by atoms with Gasteiger partial charge in [-0.25, -0.2) is 13.6 Å². The first-order valence-electron chi connectivity index (χ1n) is 8.65. The van der Waals surface area contributed by atoms with Gasteiger partial charge < -0.3 is 5.32 Å². The third kappa shape index (κ3) is 5.16. The molecule has 0 aliphatic heterocycles. The summed E-state index contributed by atoms with van der Waals surface area (Å²) in [7, 11) is -3.73. The van der Waals surface area contributed by atoms with Crippen LogP contribution < -0.4 is 10.5 Å². The normalized spacial score (nSPS) is 11.8. The van der Waals surface area contributed by atoms with E-state index >= 15 is 0 Å². The van der Waals surface area contributed by atoms with Crippen molar-refractivity contribution in [2.45, 2.75) is 11.4 Å². The Balaban J connectivity index is 1.79. The molecule has 1 amide bonds. The van der Waals surface area contributed by atoms with Gasteiger partial charge >= 0.3 is 0 Å². The summed E-state index contributed by atoms with van der Waals surface area (Å²) in [6.45, 7) is 0.267. The Bertz CT molecular complexity index is 1080. The molecule has 0 aliphatic carbocycles. The fourth-order valence-corrected chi connectivity index (χ4v) is 3.20. The van der Waals surface area contributed by atoms with E-state index in [9.17, 15) is 13.2 Å². The van der Waals surface area contributed by atoms with Crippen molar-refractivity contribution in [3.05, 3.63) is 102 Å². The number of sulfonamides is 1. The predicted octanol–water partition coefficient (Wildman–Crippen LogP) is 3.19. The molecule has 3 N–H and O–H groups in total. The summed E-state index contributed by atoms with van der Waals surface area (Å²) in [6.07, 6.45) is 1.84. The van der Waals surface area contributed by atoms with Gasteiger partial charge in [0.05, 0.1) is 4.90 Å². The number of nitrogens with one attached hydrogen (secondary N) is 1. The van der Waals surface area contributed by atoms with E-state index in [0.29, 0.717) is 5.57 Å². The molecular formula is C22H20N2O3S. The monoisotopic (exact) mass is 392 g/mol. The summed E-state index contributed by atoms with van der Waals surface area (Å²) in [6, 6.07) is 25.2. The molecule has 0 aromatic heterocycles. The van der Waals surface area contributed by atoms with Gasteiger partial charge in [0, 0.05) is 12.1 Å². The molecule has 0 spiro atoms. The lowest BCUT2D eigenvalue weighted by Gasteiger charge is -2.10. The van der Waals surface area contributed by atoms with Crippen molar-refractivity contribution >= 4 is 27.6 Å². The van der Waals surface area contributed by atoms with Gasteiger partial charge in [0.2, 0.25) is 10.0 Å². The number of nitrogens with two attached hydrogens (primary N) is 1. The van der Waals surface area contributed by atoms with E-state index in [2.05, 4.69) is 5.32 Å². The summed E-state index contributed by atoms with van der Waals surface area (Å²) < 4.78 is 22.7. The van der Waals surface area contributed by atoms with Crippen molar-refractivity contribution in [3.63, 3.8) is 0 Å². The Morgan fingerprint density at radius 3 is 2.00 bits per heavy atom. The Morgan fingerprint density at radius 2 is 1.43 bits per heavy atom. The van der Waals surface area contributed by atoms with Crippen molar-refractivity contribution < 1.29 is 13.2 Å². The average Bonchev–Trinajstić information content (AvgIpc) is 2.71. The van der Waals surface area contributed by atoms with Crippen LogP contribution in [-0.4, -0.2) is 14.3 Å². The molecule has 6 heteroatoms. The quantitative estimate of drug-likeness (QED) is 0.499. The number of hydrogen-bond donors (Lipinski definition) is 2. The molecule has 0 fully saturated rings. The summed E-state index contributed by atoms with van der Waals surface area (Å²) in [4.78, 5) is 12.9. The first-order chi connectivity index (χ1) is 13.4. The molecule has 3 aromatic carbocycles. The highest BCUT2D eigenvalue weighted by Gasteiger charge is 2.12. The molecule has 0 bridgehead atoms. The molecule has 3 rings (SSSR count). The van der Waals surface area contributed by atoms with Crippen LogP contribution >= 0.6 is 0 Å². The van der Waals surface area contributed by atoms with Crippen LogP contribution in [0.5, 0.6) is 0 Å². The van der Waals surface area contributed by atoms with E-state index < -0.39 is 10.0 Å². The maximum atomic E-state index is 12.9. The van der Waals surface area contributed by atoms with E-state index in [0.717, 1.165) is 16.7 Å². The standard InChI is InChI=1S/C22H20N2O3S/c23-28(26,27)20-13-11-18(12-14-20)16-24-22(25)21(19-9-5-2-6-10-19)15-17-7-3-1-4-8-17/h1-15H,16H2,(H,24,25)(H2,23,26,27)/b21-15+. The molecule has 3 aromatic rings. The van der Waals surface area contributed by atoms with Crippen LogP contribution in [0.25, 0.3) is 11.6 Å². The van der Waals surface area contributed by atoms with E-state index in [4.69, 9.17) is 5.14 Å². The fourth-order valence-electron chi connectivity index (χ4n) is 2.69. The molecule has 0 atom stereocenters. The van der Waals surface area contributed by atoms with Gasteiger partial charge in [0.1, 0.15) is 0 Å². The Kier molecular flexibility index (Phi) is 6.03. The number of amides is 1. The van der Waals surface area contributed by atoms with Gasteiger partial charge in [-0.1, -0.05) is 72.8 Å². The van der Waals surface area contributed by atoms with Gasteiger partial charge in [-0.05, 0) is 34.9 Å². The second-order valence-electron chi connectivity index (χ2n) is 6.21. The van der Waals surface area contributed by atoms with Gasteiger partial charge in [0.25, 0.3) is 5.91 Å². The van der Waals surface area contributed by atoms with Crippen LogP contribution in [0.4, 0.5) is 0 Å². The highest BCUT2D eigenvalue weighted by Crippen LogP contribution is 2.19. The Labute approximate surface area is 164 Å². The molecule has 0 heterocycles. The zero-order chi connectivity index (χ0) is 20.0. The summed E-state index contributed by atoms with van der Waals surface area (Å²) in [5.74, 6) is -0.217. The van der Waals surface area contributed by atoms with Crippen LogP contribution in [0, 0.1) is 0 Å². The molecule has 0 saturated carbocycles. The number of rotatable bonds is 6. The lowest BCUT2D eigenvalue weighted by Crippen LogP contribution is -2.24. The largest absolute Gasteiger partial charge is 0.348 e. The van der Waals surface area contributed by atoms with Crippen molar-refractivity contribution in [1.29, 1.82) is 0 Å². The summed E-state index contributed by atoms with van der Waals surface area (Å²) in [5.41, 5.74) is 3.06. The lowest BCUT2D eigenvalue weighted by atomic mass is 10.0. The summed E-state index contributed by atoms with van der Waals surface area (Å²) in [5, 5.41) is 7.99. The van der Waals surface area contributed by atoms with Crippen molar-refractivity contribution in [2.75, 3.05) is 0 Å². The van der Waals surface area contributed by atoms with E-state index in [1.54, 1.807) is 12.1 Å². The van der Waals surface area contributed by atoms with Gasteiger partial charge in [-0.2, -0.15) is 0 Å². The first-order valence-corrected chi connectivity index (χ1v) is 10.2. The minimum atomic E-state index is -3.73. The minimum absolute atomic E-state index is 0.0384. The van der Waals surface area contributed by atoms with Crippen LogP contribution in [0.15, 0.2) is 89.8 Å². The number of carbonyl (C=O) groups is 1. The minimum Gasteiger partial charge on any atom is -0.348 e. The van der Waals surface area contributed by atoms with Gasteiger partial charge in [0.15, 0.2) is 0 Å². The second kappa shape index (κ2) is 8.65. The number of benzene rings is 3. The smallest absolute Gasteiger partial charge is 0.252 e. The molecule has 0 aliphatic rings. The highest BCUT2D eigenvalue weighted by molar-refractivity contribution is 7.89. The molecule has 5 nitrogen and oxygen atoms in total. The SMILES string of the molecule is NS(=O)(=O)c1ccc(CNC(=O)/C(=C/c2ccccc2)c2ccccc2)cc1. The topological polar surface area (TPSA) is 89.3 Å². The zero-order valence-electron chi connectivity index (χ0n) is 15.1. The predicted molar refractivity (Wildman–Crippen MR) is 110 cm³/mol. The van der Waals surface area contributed by atoms with Crippen LogP contribution in [0.3, 0.4) is 0 Å². The maximum Gasteiger partial charge on any atom is 0.252 e. The average molecular weight is 392 g/mol. The molecule has 0 unspecified atom stereocenters. The van der Waals surface area contributed by atoms with Gasteiger partial charge in [-0.15, -0.1) is 0 Å². The maximum absolute atomic E-state index is 12.9. The molecule has 142 valence electrons. The van der Waals surface area contributed by atoms with Gasteiger partial charge in [-0.3, -0.25) is 4.79 Å². The molecule has 28 heavy (non-hydrogen) atoms. The van der Waals surface area contributed by atoms with E-state index in [-0.39, 0.29) is 17.3 Å². The van der Waals surface area contributed by atoms with Crippen LogP contribution in [-0.2, 0) is 21.4 Å². The van der Waals surface area contributed by atoms with E-state index in [1.165, 1.54) is 12.1 Å². The van der Waals surface area contributed by atoms with Crippen molar-refractivity contribution in [1.82, 2.24) is 5.32 Å². The third-order valence-corrected chi connectivity index (χ3v) is 5.07. The molecule has 0 radical (unpaired) electrons. The Hall–Kier alpha value is -3.22. The van der Waals surface area contributed by atoms with Crippen LogP contribution in [0.2, 0.25) is 0 Å². The first kappa shape index (κ1) is 19.5.